The number of non-ortho nitro benzene ring substituents is 2. The van der Waals surface area contributed by atoms with Gasteiger partial charge in [0.25, 0.3) is 11.4 Å². The van der Waals surface area contributed by atoms with Crippen LogP contribution in [0.3, 0.4) is 0 Å². The molecule has 0 bridgehead atoms. The summed E-state index contributed by atoms with van der Waals surface area (Å²) in [5.74, 6) is -3.80. The van der Waals surface area contributed by atoms with E-state index in [9.17, 15) is 29.8 Å². The molecule has 0 unspecified atom stereocenters. The van der Waals surface area contributed by atoms with E-state index in [1.165, 1.54) is 24.3 Å². The fourth-order valence-corrected chi connectivity index (χ4v) is 4.29. The predicted molar refractivity (Wildman–Crippen MR) is 134 cm³/mol. The van der Waals surface area contributed by atoms with Crippen LogP contribution in [-0.4, -0.2) is 71.0 Å². The van der Waals surface area contributed by atoms with Gasteiger partial charge in [0, 0.05) is 24.3 Å². The van der Waals surface area contributed by atoms with Crippen molar-refractivity contribution in [1.82, 2.24) is 0 Å². The van der Waals surface area contributed by atoms with Crippen molar-refractivity contribution >= 4 is 23.3 Å². The van der Waals surface area contributed by atoms with Gasteiger partial charge in [-0.15, -0.1) is 0 Å². The molecule has 2 fully saturated rings. The molecule has 2 heterocycles. The summed E-state index contributed by atoms with van der Waals surface area (Å²) < 4.78 is 34.9. The van der Waals surface area contributed by atoms with Crippen molar-refractivity contribution in [1.29, 1.82) is 0 Å². The quantitative estimate of drug-likeness (QED) is 0.248. The Balaban J connectivity index is 1.66. The first-order chi connectivity index (χ1) is 18.7. The van der Waals surface area contributed by atoms with Crippen LogP contribution in [0.15, 0.2) is 48.5 Å². The second-order valence-corrected chi connectivity index (χ2v) is 10.1. The van der Waals surface area contributed by atoms with Gasteiger partial charge in [-0.05, 0) is 52.0 Å². The minimum atomic E-state index is -1.27. The van der Waals surface area contributed by atoms with Crippen LogP contribution in [0.1, 0.15) is 48.4 Å². The number of carbonyl (C=O) groups is 2. The monoisotopic (exact) mass is 560 g/mol. The van der Waals surface area contributed by atoms with Gasteiger partial charge in [0.2, 0.25) is 0 Å². The molecule has 0 aliphatic carbocycles. The number of hydrogen-bond donors (Lipinski definition) is 0. The SMILES string of the molecule is CC1(C)OC[C@@H]([C@@H](OC(=O)c2ccc([N+](=O)[O-])cc2)[C@@H](OC(=O)c2ccc([N+](=O)[O-])cc2)[C@H]2COC(C)(C)O2)O1. The second-order valence-electron chi connectivity index (χ2n) is 10.1. The molecule has 4 atom stereocenters. The van der Waals surface area contributed by atoms with Crippen molar-refractivity contribution in [2.45, 2.75) is 63.7 Å². The lowest BCUT2D eigenvalue weighted by Gasteiger charge is -2.33. The molecular weight excluding hydrogens is 532 g/mol. The van der Waals surface area contributed by atoms with Gasteiger partial charge in [-0.25, -0.2) is 9.59 Å². The number of nitro groups is 2. The lowest BCUT2D eigenvalue weighted by molar-refractivity contribution is -0.385. The van der Waals surface area contributed by atoms with Gasteiger partial charge in [-0.1, -0.05) is 0 Å². The highest BCUT2D eigenvalue weighted by Crippen LogP contribution is 2.33. The van der Waals surface area contributed by atoms with Crippen molar-refractivity contribution in [2.75, 3.05) is 13.2 Å². The van der Waals surface area contributed by atoms with E-state index in [1.807, 2.05) is 0 Å². The number of esters is 2. The van der Waals surface area contributed by atoms with Crippen LogP contribution < -0.4 is 0 Å². The highest BCUT2D eigenvalue weighted by molar-refractivity contribution is 5.90. The highest BCUT2D eigenvalue weighted by Gasteiger charge is 2.50. The summed E-state index contributed by atoms with van der Waals surface area (Å²) in [6, 6.07) is 9.60. The molecule has 214 valence electrons. The van der Waals surface area contributed by atoms with Crippen molar-refractivity contribution < 1.29 is 47.9 Å². The van der Waals surface area contributed by atoms with Crippen LogP contribution in [0.2, 0.25) is 0 Å². The maximum Gasteiger partial charge on any atom is 0.338 e. The third-order valence-electron chi connectivity index (χ3n) is 6.23. The molecule has 14 heteroatoms. The lowest BCUT2D eigenvalue weighted by Crippen LogP contribution is -2.51. The molecule has 4 rings (SSSR count). The van der Waals surface area contributed by atoms with E-state index in [4.69, 9.17) is 28.4 Å². The molecule has 0 N–H and O–H groups in total. The Kier molecular flexibility index (Phi) is 8.16. The van der Waals surface area contributed by atoms with E-state index in [2.05, 4.69) is 0 Å². The van der Waals surface area contributed by atoms with Crippen LogP contribution >= 0.6 is 0 Å². The summed E-state index contributed by atoms with van der Waals surface area (Å²) in [5.41, 5.74) is -0.400. The van der Waals surface area contributed by atoms with Gasteiger partial charge in [0.1, 0.15) is 12.2 Å². The average Bonchev–Trinajstić information content (AvgIpc) is 3.46. The van der Waals surface area contributed by atoms with Gasteiger partial charge in [-0.3, -0.25) is 20.2 Å². The van der Waals surface area contributed by atoms with Gasteiger partial charge in [-0.2, -0.15) is 0 Å². The van der Waals surface area contributed by atoms with Crippen molar-refractivity contribution in [3.63, 3.8) is 0 Å². The maximum absolute atomic E-state index is 13.2. The molecule has 0 amide bonds. The number of rotatable bonds is 9. The van der Waals surface area contributed by atoms with Gasteiger partial charge < -0.3 is 28.4 Å². The molecule has 2 aromatic rings. The van der Waals surface area contributed by atoms with Crippen LogP contribution in [-0.2, 0) is 28.4 Å². The third kappa shape index (κ3) is 6.77. The van der Waals surface area contributed by atoms with Gasteiger partial charge in [0.15, 0.2) is 23.8 Å². The average molecular weight is 561 g/mol. The molecule has 0 aromatic heterocycles. The molecular formula is C26H28N2O12. The first kappa shape index (κ1) is 29.0. The molecule has 0 saturated carbocycles. The topological polar surface area (TPSA) is 176 Å². The van der Waals surface area contributed by atoms with Crippen molar-refractivity contribution in [2.24, 2.45) is 0 Å². The second kappa shape index (κ2) is 11.3. The number of carbonyl (C=O) groups excluding carboxylic acids is 2. The smallest absolute Gasteiger partial charge is 0.338 e. The Bertz CT molecular complexity index is 1180. The third-order valence-corrected chi connectivity index (χ3v) is 6.23. The zero-order valence-corrected chi connectivity index (χ0v) is 22.1. The highest BCUT2D eigenvalue weighted by atomic mass is 16.8. The minimum absolute atomic E-state index is 0.0122. The van der Waals surface area contributed by atoms with Gasteiger partial charge >= 0.3 is 11.9 Å². The van der Waals surface area contributed by atoms with E-state index in [1.54, 1.807) is 27.7 Å². The summed E-state index contributed by atoms with van der Waals surface area (Å²) in [6.45, 7) is 6.62. The summed E-state index contributed by atoms with van der Waals surface area (Å²) in [7, 11) is 0. The summed E-state index contributed by atoms with van der Waals surface area (Å²) in [5, 5.41) is 22.0. The Morgan fingerprint density at radius 1 is 0.725 bits per heavy atom. The zero-order chi connectivity index (χ0) is 29.2. The van der Waals surface area contributed by atoms with Crippen LogP contribution in [0.25, 0.3) is 0 Å². The van der Waals surface area contributed by atoms with Crippen LogP contribution in [0, 0.1) is 20.2 Å². The van der Waals surface area contributed by atoms with Crippen LogP contribution in [0.4, 0.5) is 11.4 Å². The first-order valence-corrected chi connectivity index (χ1v) is 12.3. The zero-order valence-electron chi connectivity index (χ0n) is 22.1. The van der Waals surface area contributed by atoms with E-state index >= 15 is 0 Å². The molecule has 2 aliphatic heterocycles. The first-order valence-electron chi connectivity index (χ1n) is 12.3. The number of ether oxygens (including phenoxy) is 6. The van der Waals surface area contributed by atoms with Crippen molar-refractivity contribution in [3.05, 3.63) is 79.9 Å². The van der Waals surface area contributed by atoms with E-state index < -0.39 is 57.8 Å². The molecule has 2 aromatic carbocycles. The summed E-state index contributed by atoms with van der Waals surface area (Å²) in [6.07, 6.45) is -4.35. The molecule has 40 heavy (non-hydrogen) atoms. The standard InChI is InChI=1S/C26H28N2O12/c1-25(2)35-13-19(39-25)21(37-23(29)15-5-9-17(10-6-15)27(31)32)22(20-14-36-26(3,4)40-20)38-24(30)16-7-11-18(12-8-16)28(33)34/h5-12,19-22H,13-14H2,1-4H3/t19-,20+,21+,22-. The number of hydrogen-bond acceptors (Lipinski definition) is 12. The van der Waals surface area contributed by atoms with E-state index in [0.717, 1.165) is 24.3 Å². The summed E-state index contributed by atoms with van der Waals surface area (Å²) in [4.78, 5) is 47.2. The Labute approximate surface area is 228 Å². The number of nitro benzene ring substituents is 2. The largest absolute Gasteiger partial charge is 0.452 e. The Morgan fingerprint density at radius 2 is 1.05 bits per heavy atom. The summed E-state index contributed by atoms with van der Waals surface area (Å²) >= 11 is 0. The fraction of sp³-hybridized carbons (Fsp3) is 0.462. The molecule has 2 saturated heterocycles. The van der Waals surface area contributed by atoms with E-state index in [-0.39, 0.29) is 35.7 Å². The molecule has 14 nitrogen and oxygen atoms in total. The lowest BCUT2D eigenvalue weighted by atomic mass is 10.0. The molecule has 0 radical (unpaired) electrons. The number of benzene rings is 2. The fourth-order valence-electron chi connectivity index (χ4n) is 4.29. The van der Waals surface area contributed by atoms with Crippen LogP contribution in [0.5, 0.6) is 0 Å². The Hall–Kier alpha value is -3.98. The number of nitrogens with zero attached hydrogens (tertiary/aromatic N) is 2. The predicted octanol–water partition coefficient (Wildman–Crippen LogP) is 3.56. The molecule has 2 aliphatic rings. The minimum Gasteiger partial charge on any atom is -0.452 e. The van der Waals surface area contributed by atoms with Crippen molar-refractivity contribution in [3.8, 4) is 0 Å². The normalized spacial score (nSPS) is 22.7. The molecule has 0 spiro atoms. The maximum atomic E-state index is 13.2. The Morgan fingerprint density at radius 3 is 1.30 bits per heavy atom. The van der Waals surface area contributed by atoms with E-state index in [0.29, 0.717) is 0 Å². The van der Waals surface area contributed by atoms with Gasteiger partial charge in [0.05, 0.1) is 34.2 Å².